The first kappa shape index (κ1) is 19.0. The molecule has 1 aromatic carbocycles. The van der Waals surface area contributed by atoms with Crippen LogP contribution in [0, 0.1) is 12.7 Å². The molecule has 0 radical (unpaired) electrons. The molecule has 0 unspecified atom stereocenters. The lowest BCUT2D eigenvalue weighted by Gasteiger charge is -2.28. The van der Waals surface area contributed by atoms with Crippen molar-refractivity contribution in [1.29, 1.82) is 0 Å². The van der Waals surface area contributed by atoms with Gasteiger partial charge in [-0.05, 0) is 55.5 Å². The maximum Gasteiger partial charge on any atom is 0.220 e. The number of hydrogen-bond donors (Lipinski definition) is 1. The van der Waals surface area contributed by atoms with E-state index in [9.17, 15) is 4.39 Å². The topological polar surface area (TPSA) is 86.3 Å². The summed E-state index contributed by atoms with van der Waals surface area (Å²) in [6.45, 7) is 4.26. The number of aryl methyl sites for hydroxylation is 1. The Hall–Kier alpha value is -3.35. The van der Waals surface area contributed by atoms with Crippen LogP contribution >= 0.6 is 0 Å². The summed E-state index contributed by atoms with van der Waals surface area (Å²) in [6, 6.07) is 8.66. The average Bonchev–Trinajstić information content (AvgIpc) is 2.72. The largest absolute Gasteiger partial charge is 0.396 e. The van der Waals surface area contributed by atoms with Crippen LogP contribution in [0.4, 0.5) is 10.3 Å². The zero-order valence-electron chi connectivity index (χ0n) is 16.4. The van der Waals surface area contributed by atoms with Gasteiger partial charge in [-0.1, -0.05) is 17.3 Å². The van der Waals surface area contributed by atoms with E-state index in [-0.39, 0.29) is 17.7 Å². The molecule has 2 heterocycles. The summed E-state index contributed by atoms with van der Waals surface area (Å²) in [5.41, 5.74) is 11.9. The molecule has 0 saturated carbocycles. The fraction of sp³-hybridized carbons (Fsp3) is 0.273. The monoisotopic (exact) mass is 391 g/mol. The first-order valence-corrected chi connectivity index (χ1v) is 9.58. The molecule has 2 N–H and O–H groups in total. The normalized spacial score (nSPS) is 17.2. The van der Waals surface area contributed by atoms with Crippen LogP contribution in [0.1, 0.15) is 41.8 Å². The minimum atomic E-state index is -0.283. The van der Waals surface area contributed by atoms with Crippen molar-refractivity contribution < 1.29 is 9.23 Å². The Morgan fingerprint density at radius 3 is 2.86 bits per heavy atom. The van der Waals surface area contributed by atoms with Crippen molar-refractivity contribution in [2.24, 2.45) is 5.16 Å². The van der Waals surface area contributed by atoms with Gasteiger partial charge in [-0.15, -0.1) is 0 Å². The molecule has 0 saturated heterocycles. The fourth-order valence-electron chi connectivity index (χ4n) is 3.92. The van der Waals surface area contributed by atoms with Crippen molar-refractivity contribution in [3.8, 4) is 11.1 Å². The molecular formula is C22H22FN5O. The van der Waals surface area contributed by atoms with Crippen LogP contribution in [0.25, 0.3) is 11.1 Å². The van der Waals surface area contributed by atoms with Crippen LogP contribution in [-0.4, -0.2) is 27.3 Å². The molecule has 1 aliphatic carbocycles. The van der Waals surface area contributed by atoms with Crippen molar-refractivity contribution in [3.05, 3.63) is 71.1 Å². The fourth-order valence-corrected chi connectivity index (χ4v) is 3.92. The molecule has 1 atom stereocenters. The van der Waals surface area contributed by atoms with Crippen molar-refractivity contribution >= 4 is 11.7 Å². The van der Waals surface area contributed by atoms with Crippen LogP contribution in [0.2, 0.25) is 0 Å². The minimum Gasteiger partial charge on any atom is -0.396 e. The highest BCUT2D eigenvalue weighted by atomic mass is 19.1. The van der Waals surface area contributed by atoms with Gasteiger partial charge in [0.05, 0.1) is 17.1 Å². The second-order valence-corrected chi connectivity index (χ2v) is 7.02. The van der Waals surface area contributed by atoms with Gasteiger partial charge in [-0.2, -0.15) is 0 Å². The van der Waals surface area contributed by atoms with Crippen LogP contribution in [-0.2, 0) is 11.3 Å². The number of nitrogen functional groups attached to an aromatic ring is 1. The van der Waals surface area contributed by atoms with E-state index >= 15 is 0 Å². The van der Waals surface area contributed by atoms with E-state index in [0.29, 0.717) is 19.4 Å². The van der Waals surface area contributed by atoms with Gasteiger partial charge in [-0.25, -0.2) is 14.4 Å². The van der Waals surface area contributed by atoms with E-state index in [1.54, 1.807) is 18.5 Å². The van der Waals surface area contributed by atoms with E-state index in [0.717, 1.165) is 39.4 Å². The molecule has 4 rings (SSSR count). The van der Waals surface area contributed by atoms with Gasteiger partial charge in [0.1, 0.15) is 12.4 Å². The third-order valence-electron chi connectivity index (χ3n) is 5.08. The number of anilines is 1. The maximum atomic E-state index is 14.1. The lowest BCUT2D eigenvalue weighted by atomic mass is 9.78. The summed E-state index contributed by atoms with van der Waals surface area (Å²) >= 11 is 0. The Balaban J connectivity index is 1.83. The molecule has 2 aromatic heterocycles. The number of oxime groups is 1. The molecule has 0 aliphatic heterocycles. The molecule has 29 heavy (non-hydrogen) atoms. The van der Waals surface area contributed by atoms with E-state index in [4.69, 9.17) is 10.6 Å². The molecule has 0 bridgehead atoms. The summed E-state index contributed by atoms with van der Waals surface area (Å²) in [6.07, 6.45) is 4.75. The Labute approximate surface area is 168 Å². The van der Waals surface area contributed by atoms with Gasteiger partial charge in [0.2, 0.25) is 5.95 Å². The minimum absolute atomic E-state index is 0.0474. The van der Waals surface area contributed by atoms with E-state index < -0.39 is 0 Å². The molecule has 1 aliphatic rings. The van der Waals surface area contributed by atoms with Gasteiger partial charge in [0.15, 0.2) is 0 Å². The lowest BCUT2D eigenvalue weighted by molar-refractivity contribution is 0.158. The van der Waals surface area contributed by atoms with Crippen molar-refractivity contribution in [3.63, 3.8) is 0 Å². The van der Waals surface area contributed by atoms with Crippen LogP contribution in [0.15, 0.2) is 47.9 Å². The Bertz CT molecular complexity index is 1070. The second-order valence-electron chi connectivity index (χ2n) is 7.02. The standard InChI is InChI=1S/C22H22FN5O/c1-3-29-28-20-10-15(9-19-21(20)13(2)26-22(24)27-19)17-7-6-16(23)11-18(17)14-5-4-8-25-12-14/h4-8,11-12,15H,3,9-10H2,1-2H3,(H2,24,26,27)/t15-/m1/s1. The van der Waals surface area contributed by atoms with Gasteiger partial charge in [-0.3, -0.25) is 4.98 Å². The summed E-state index contributed by atoms with van der Waals surface area (Å²) < 4.78 is 14.1. The van der Waals surface area contributed by atoms with Crippen molar-refractivity contribution in [2.75, 3.05) is 12.3 Å². The van der Waals surface area contributed by atoms with E-state index in [2.05, 4.69) is 20.1 Å². The number of benzene rings is 1. The Kier molecular flexibility index (Phi) is 5.20. The van der Waals surface area contributed by atoms with Crippen LogP contribution < -0.4 is 5.73 Å². The molecule has 3 aromatic rings. The maximum absolute atomic E-state index is 14.1. The predicted octanol–water partition coefficient (Wildman–Crippen LogP) is 4.04. The van der Waals surface area contributed by atoms with Crippen molar-refractivity contribution in [1.82, 2.24) is 15.0 Å². The number of fused-ring (bicyclic) bond motifs is 1. The predicted molar refractivity (Wildman–Crippen MR) is 110 cm³/mol. The zero-order chi connectivity index (χ0) is 20.4. The highest BCUT2D eigenvalue weighted by Crippen LogP contribution is 2.38. The first-order valence-electron chi connectivity index (χ1n) is 9.58. The molecular weight excluding hydrogens is 369 g/mol. The first-order chi connectivity index (χ1) is 14.1. The highest BCUT2D eigenvalue weighted by Gasteiger charge is 2.30. The molecule has 148 valence electrons. The zero-order valence-corrected chi connectivity index (χ0v) is 16.4. The molecule has 0 spiro atoms. The van der Waals surface area contributed by atoms with Crippen LogP contribution in [0.5, 0.6) is 0 Å². The second kappa shape index (κ2) is 7.95. The lowest BCUT2D eigenvalue weighted by Crippen LogP contribution is -2.24. The summed E-state index contributed by atoms with van der Waals surface area (Å²) in [5, 5.41) is 4.34. The van der Waals surface area contributed by atoms with E-state index in [1.807, 2.05) is 32.0 Å². The number of rotatable bonds is 4. The number of nitrogens with two attached hydrogens (primary N) is 1. The van der Waals surface area contributed by atoms with Crippen LogP contribution in [0.3, 0.4) is 0 Å². The summed E-state index contributed by atoms with van der Waals surface area (Å²) in [5.74, 6) is 0.00453. The Morgan fingerprint density at radius 2 is 2.10 bits per heavy atom. The highest BCUT2D eigenvalue weighted by molar-refractivity contribution is 6.03. The number of hydrogen-bond acceptors (Lipinski definition) is 6. The average molecular weight is 391 g/mol. The van der Waals surface area contributed by atoms with Gasteiger partial charge in [0, 0.05) is 29.9 Å². The molecule has 7 heteroatoms. The molecule has 6 nitrogen and oxygen atoms in total. The van der Waals surface area contributed by atoms with Gasteiger partial charge >= 0.3 is 0 Å². The van der Waals surface area contributed by atoms with E-state index in [1.165, 1.54) is 6.07 Å². The van der Waals surface area contributed by atoms with Gasteiger partial charge in [0.25, 0.3) is 0 Å². The number of aromatic nitrogens is 3. The SMILES string of the molecule is CCON=C1C[C@H](c2ccc(F)cc2-c2cccnc2)Cc2nc(N)nc(C)c21. The smallest absolute Gasteiger partial charge is 0.220 e. The quantitative estimate of drug-likeness (QED) is 0.679. The van der Waals surface area contributed by atoms with Gasteiger partial charge < -0.3 is 10.6 Å². The third-order valence-corrected chi connectivity index (χ3v) is 5.08. The number of nitrogens with zero attached hydrogens (tertiary/aromatic N) is 4. The summed E-state index contributed by atoms with van der Waals surface area (Å²) in [4.78, 5) is 18.3. The third kappa shape index (κ3) is 3.81. The Morgan fingerprint density at radius 1 is 1.24 bits per heavy atom. The molecule has 0 fully saturated rings. The summed E-state index contributed by atoms with van der Waals surface area (Å²) in [7, 11) is 0. The molecule has 0 amide bonds. The number of halogens is 1. The number of pyridine rings is 1. The van der Waals surface area contributed by atoms with Crippen molar-refractivity contribution in [2.45, 2.75) is 32.6 Å².